The molecule has 3 rings (SSSR count). The highest BCUT2D eigenvalue weighted by molar-refractivity contribution is 8.14. The number of carbonyl (C=O) groups is 1. The molecular formula is C17H23NO7S2. The summed E-state index contributed by atoms with van der Waals surface area (Å²) in [6.07, 6.45) is -1.46. The minimum Gasteiger partial charge on any atom is -0.354 e. The number of thioether (sulfide) groups is 1. The maximum Gasteiger partial charge on any atom is 0.209 e. The molecule has 1 aromatic rings. The van der Waals surface area contributed by atoms with Crippen molar-refractivity contribution in [2.75, 3.05) is 20.0 Å². The van der Waals surface area contributed by atoms with E-state index < -0.39 is 46.1 Å². The van der Waals surface area contributed by atoms with Gasteiger partial charge in [0.2, 0.25) is 10.0 Å². The van der Waals surface area contributed by atoms with Crippen LogP contribution in [0.25, 0.3) is 0 Å². The zero-order chi connectivity index (χ0) is 19.6. The Morgan fingerprint density at radius 2 is 1.96 bits per heavy atom. The van der Waals surface area contributed by atoms with E-state index in [2.05, 4.69) is 4.72 Å². The Labute approximate surface area is 162 Å². The lowest BCUT2D eigenvalue weighted by molar-refractivity contribution is -0.315. The highest BCUT2D eigenvalue weighted by atomic mass is 32.2. The van der Waals surface area contributed by atoms with E-state index >= 15 is 0 Å². The first kappa shape index (κ1) is 20.7. The summed E-state index contributed by atoms with van der Waals surface area (Å²) < 4.78 is 49.3. The Bertz CT molecular complexity index is 758. The van der Waals surface area contributed by atoms with Crippen LogP contribution >= 0.6 is 11.8 Å². The number of rotatable bonds is 5. The topological polar surface area (TPSA) is 100 Å². The molecule has 1 unspecified atom stereocenters. The number of sulfonamides is 1. The number of fused-ring (bicyclic) bond motifs is 1. The normalized spacial score (nSPS) is 34.0. The van der Waals surface area contributed by atoms with Gasteiger partial charge in [0.25, 0.3) is 0 Å². The van der Waals surface area contributed by atoms with Crippen molar-refractivity contribution >= 4 is 26.9 Å². The van der Waals surface area contributed by atoms with E-state index in [9.17, 15) is 13.2 Å². The fraction of sp³-hybridized carbons (Fsp3) is 0.588. The number of hydrogen-bond acceptors (Lipinski definition) is 8. The van der Waals surface area contributed by atoms with Gasteiger partial charge >= 0.3 is 0 Å². The highest BCUT2D eigenvalue weighted by Crippen LogP contribution is 2.39. The van der Waals surface area contributed by atoms with E-state index in [0.717, 1.165) is 23.6 Å². The standard InChI is InChI=1S/C17H23NO7S2/c1-10(19)26-15-13(18-27(3,20)21)17(22-2)24-12-9-23-16(25-14(12)15)11-7-5-4-6-8-11/h4-8,12-18H,9H2,1-3H3/t12-,13-,14-,15-,16?,17-/m1/s1. The fourth-order valence-corrected chi connectivity index (χ4v) is 5.20. The molecule has 2 aliphatic heterocycles. The summed E-state index contributed by atoms with van der Waals surface area (Å²) in [6, 6.07) is 8.63. The molecule has 1 N–H and O–H groups in total. The third-order valence-corrected chi connectivity index (χ3v) is 6.16. The van der Waals surface area contributed by atoms with Gasteiger partial charge in [0, 0.05) is 19.6 Å². The van der Waals surface area contributed by atoms with Gasteiger partial charge in [0.15, 0.2) is 17.7 Å². The first-order valence-corrected chi connectivity index (χ1v) is 11.2. The molecule has 0 amide bonds. The van der Waals surface area contributed by atoms with Crippen molar-refractivity contribution in [2.45, 2.75) is 43.0 Å². The molecule has 2 saturated heterocycles. The summed E-state index contributed by atoms with van der Waals surface area (Å²) in [4.78, 5) is 11.9. The van der Waals surface area contributed by atoms with Crippen molar-refractivity contribution in [3.8, 4) is 0 Å². The van der Waals surface area contributed by atoms with Crippen LogP contribution in [0, 0.1) is 0 Å². The Kier molecular flexibility index (Phi) is 6.57. The van der Waals surface area contributed by atoms with E-state index in [1.807, 2.05) is 30.3 Å². The number of carbonyl (C=O) groups excluding carboxylic acids is 1. The Morgan fingerprint density at radius 1 is 1.26 bits per heavy atom. The van der Waals surface area contributed by atoms with E-state index in [0.29, 0.717) is 0 Å². The number of nitrogens with one attached hydrogen (secondary N) is 1. The van der Waals surface area contributed by atoms with Gasteiger partial charge < -0.3 is 18.9 Å². The van der Waals surface area contributed by atoms with Crippen molar-refractivity contribution in [3.05, 3.63) is 35.9 Å². The van der Waals surface area contributed by atoms with Gasteiger partial charge in [-0.25, -0.2) is 13.1 Å². The quantitative estimate of drug-likeness (QED) is 0.759. The number of ether oxygens (including phenoxy) is 4. The number of hydrogen-bond donors (Lipinski definition) is 1. The Balaban J connectivity index is 1.89. The molecule has 0 bridgehead atoms. The second-order valence-electron chi connectivity index (χ2n) is 6.45. The van der Waals surface area contributed by atoms with E-state index in [-0.39, 0.29) is 11.7 Å². The molecule has 1 aromatic carbocycles. The van der Waals surface area contributed by atoms with Crippen LogP contribution in [0.15, 0.2) is 30.3 Å². The predicted octanol–water partition coefficient (Wildman–Crippen LogP) is 1.04. The van der Waals surface area contributed by atoms with Gasteiger partial charge in [-0.05, 0) is 0 Å². The molecule has 0 aromatic heterocycles. The predicted molar refractivity (Wildman–Crippen MR) is 99.5 cm³/mol. The minimum atomic E-state index is -3.56. The zero-order valence-electron chi connectivity index (χ0n) is 15.2. The van der Waals surface area contributed by atoms with Crippen LogP contribution in [-0.4, -0.2) is 63.3 Å². The molecule has 27 heavy (non-hydrogen) atoms. The zero-order valence-corrected chi connectivity index (χ0v) is 16.9. The summed E-state index contributed by atoms with van der Waals surface area (Å²) in [7, 11) is -2.14. The van der Waals surface area contributed by atoms with Crippen molar-refractivity contribution < 1.29 is 32.2 Å². The van der Waals surface area contributed by atoms with Crippen LogP contribution in [0.5, 0.6) is 0 Å². The third kappa shape index (κ3) is 5.08. The Morgan fingerprint density at radius 3 is 2.56 bits per heavy atom. The van der Waals surface area contributed by atoms with E-state index in [1.54, 1.807) is 0 Å². The lowest BCUT2D eigenvalue weighted by Gasteiger charge is -2.48. The number of benzene rings is 1. The average molecular weight is 418 g/mol. The summed E-state index contributed by atoms with van der Waals surface area (Å²) in [5.41, 5.74) is 0.837. The van der Waals surface area contributed by atoms with Crippen LogP contribution in [0.1, 0.15) is 18.8 Å². The van der Waals surface area contributed by atoms with Gasteiger partial charge in [-0.2, -0.15) is 0 Å². The van der Waals surface area contributed by atoms with Gasteiger partial charge in [0.1, 0.15) is 12.2 Å². The first-order valence-electron chi connectivity index (χ1n) is 8.43. The molecule has 2 aliphatic rings. The van der Waals surface area contributed by atoms with Crippen LogP contribution in [0.3, 0.4) is 0 Å². The number of methoxy groups -OCH3 is 1. The van der Waals surface area contributed by atoms with Crippen molar-refractivity contribution in [1.82, 2.24) is 4.72 Å². The summed E-state index contributed by atoms with van der Waals surface area (Å²) in [6.45, 7) is 1.67. The second kappa shape index (κ2) is 8.56. The Hall–Kier alpha value is -1.01. The lowest BCUT2D eigenvalue weighted by atomic mass is 9.99. The minimum absolute atomic E-state index is 0.151. The van der Waals surface area contributed by atoms with Crippen LogP contribution in [0.2, 0.25) is 0 Å². The van der Waals surface area contributed by atoms with Crippen LogP contribution < -0.4 is 4.72 Å². The molecule has 0 radical (unpaired) electrons. The van der Waals surface area contributed by atoms with Crippen molar-refractivity contribution in [3.63, 3.8) is 0 Å². The fourth-order valence-electron chi connectivity index (χ4n) is 3.26. The SMILES string of the molecule is CO[C@@H]1O[C@@H]2COC(c3ccccc3)O[C@H]2[C@H](SC(C)=O)[C@H]1NS(C)(=O)=O. The second-order valence-corrected chi connectivity index (χ2v) is 9.58. The van der Waals surface area contributed by atoms with Gasteiger partial charge in [0.05, 0.1) is 24.2 Å². The van der Waals surface area contributed by atoms with Crippen LogP contribution in [0.4, 0.5) is 0 Å². The molecule has 0 saturated carbocycles. The third-order valence-electron chi connectivity index (χ3n) is 4.30. The molecule has 6 atom stereocenters. The highest BCUT2D eigenvalue weighted by Gasteiger charge is 2.51. The molecule has 150 valence electrons. The molecule has 2 fully saturated rings. The summed E-state index contributed by atoms with van der Waals surface area (Å²) in [5.74, 6) is 0. The van der Waals surface area contributed by atoms with Gasteiger partial charge in [-0.15, -0.1) is 0 Å². The van der Waals surface area contributed by atoms with Crippen molar-refractivity contribution in [1.29, 1.82) is 0 Å². The maximum atomic E-state index is 11.9. The molecule has 10 heteroatoms. The molecular weight excluding hydrogens is 394 g/mol. The van der Waals surface area contributed by atoms with Gasteiger partial charge in [-0.1, -0.05) is 42.1 Å². The van der Waals surface area contributed by atoms with Gasteiger partial charge in [-0.3, -0.25) is 4.79 Å². The van der Waals surface area contributed by atoms with Crippen LogP contribution in [-0.2, 0) is 33.8 Å². The smallest absolute Gasteiger partial charge is 0.209 e. The largest absolute Gasteiger partial charge is 0.354 e. The maximum absolute atomic E-state index is 11.9. The molecule has 8 nitrogen and oxygen atoms in total. The summed E-state index contributed by atoms with van der Waals surface area (Å²) >= 11 is 1.02. The summed E-state index contributed by atoms with van der Waals surface area (Å²) in [5, 5.41) is -0.682. The molecule has 2 heterocycles. The lowest BCUT2D eigenvalue weighted by Crippen LogP contribution is -2.65. The van der Waals surface area contributed by atoms with E-state index in [1.165, 1.54) is 14.0 Å². The molecule has 0 spiro atoms. The first-order chi connectivity index (χ1) is 12.8. The molecule has 0 aliphatic carbocycles. The average Bonchev–Trinajstić information content (AvgIpc) is 2.62. The van der Waals surface area contributed by atoms with Crippen molar-refractivity contribution in [2.24, 2.45) is 0 Å². The monoisotopic (exact) mass is 417 g/mol. The van der Waals surface area contributed by atoms with E-state index in [4.69, 9.17) is 18.9 Å².